The van der Waals surface area contributed by atoms with Gasteiger partial charge in [-0.15, -0.1) is 0 Å². The summed E-state index contributed by atoms with van der Waals surface area (Å²) in [6.07, 6.45) is 8.18. The van der Waals surface area contributed by atoms with E-state index >= 15 is 0 Å². The van der Waals surface area contributed by atoms with Gasteiger partial charge in [0, 0.05) is 0 Å². The molecule has 0 aliphatic heterocycles. The van der Waals surface area contributed by atoms with E-state index in [-0.39, 0.29) is 0 Å². The summed E-state index contributed by atoms with van der Waals surface area (Å²) in [6, 6.07) is 0. The summed E-state index contributed by atoms with van der Waals surface area (Å²) in [6.45, 7) is 10.5. The zero-order valence-corrected chi connectivity index (χ0v) is 8.14. The minimum Gasteiger partial charge on any atom is -0.0917 e. The minimum atomic E-state index is 0.614. The van der Waals surface area contributed by atoms with Crippen molar-refractivity contribution in [2.75, 3.05) is 0 Å². The quantitative estimate of drug-likeness (QED) is 0.526. The molecule has 0 aromatic heterocycles. The Labute approximate surface area is 71.7 Å². The maximum absolute atomic E-state index is 3.97. The molecule has 0 bridgehead atoms. The molecule has 2 atom stereocenters. The van der Waals surface area contributed by atoms with Crippen LogP contribution >= 0.6 is 0 Å². The lowest BCUT2D eigenvalue weighted by atomic mass is 9.97. The van der Waals surface area contributed by atoms with Gasteiger partial charge in [-0.05, 0) is 25.2 Å². The molecule has 65 valence electrons. The molecule has 0 aliphatic rings. The van der Waals surface area contributed by atoms with E-state index in [9.17, 15) is 0 Å². The van der Waals surface area contributed by atoms with Crippen molar-refractivity contribution in [2.45, 2.75) is 40.0 Å². The van der Waals surface area contributed by atoms with Gasteiger partial charge in [-0.2, -0.15) is 0 Å². The summed E-state index contributed by atoms with van der Waals surface area (Å²) in [5, 5.41) is 0. The topological polar surface area (TPSA) is 0 Å². The highest BCUT2D eigenvalue weighted by Crippen LogP contribution is 2.14. The predicted molar refractivity (Wildman–Crippen MR) is 52.4 cm³/mol. The third-order valence-corrected chi connectivity index (χ3v) is 1.93. The van der Waals surface area contributed by atoms with Crippen molar-refractivity contribution in [3.8, 4) is 0 Å². The first kappa shape index (κ1) is 10.7. The second-order valence-corrected chi connectivity index (χ2v) is 3.59. The van der Waals surface area contributed by atoms with Gasteiger partial charge in [0.1, 0.15) is 0 Å². The Morgan fingerprint density at radius 3 is 2.36 bits per heavy atom. The molecule has 0 aromatic carbocycles. The van der Waals surface area contributed by atoms with Crippen molar-refractivity contribution >= 4 is 0 Å². The Hall–Kier alpha value is -0.260. The van der Waals surface area contributed by atoms with Gasteiger partial charge in [0.2, 0.25) is 0 Å². The molecule has 0 saturated heterocycles. The maximum atomic E-state index is 3.97. The first-order valence-electron chi connectivity index (χ1n) is 4.61. The molecule has 0 rings (SSSR count). The Morgan fingerprint density at radius 2 is 1.91 bits per heavy atom. The van der Waals surface area contributed by atoms with Gasteiger partial charge in [-0.1, -0.05) is 45.8 Å². The summed E-state index contributed by atoms with van der Waals surface area (Å²) >= 11 is 0. The van der Waals surface area contributed by atoms with E-state index < -0.39 is 0 Å². The van der Waals surface area contributed by atoms with E-state index in [0.717, 1.165) is 5.92 Å². The van der Waals surface area contributed by atoms with Crippen LogP contribution in [0.2, 0.25) is 0 Å². The highest BCUT2D eigenvalue weighted by atomic mass is 14.1. The van der Waals surface area contributed by atoms with Crippen LogP contribution in [0.4, 0.5) is 0 Å². The Balaban J connectivity index is 3.29. The van der Waals surface area contributed by atoms with Crippen LogP contribution in [0.1, 0.15) is 40.0 Å². The fourth-order valence-electron chi connectivity index (χ4n) is 1.06. The van der Waals surface area contributed by atoms with Gasteiger partial charge in [0.15, 0.2) is 0 Å². The summed E-state index contributed by atoms with van der Waals surface area (Å²) < 4.78 is 0. The van der Waals surface area contributed by atoms with Gasteiger partial charge in [-0.25, -0.2) is 0 Å². The van der Waals surface area contributed by atoms with Crippen LogP contribution in [-0.2, 0) is 0 Å². The Bertz CT molecular complexity index is 101. The molecule has 0 fully saturated rings. The van der Waals surface area contributed by atoms with Crippen LogP contribution in [0, 0.1) is 18.8 Å². The molecule has 0 amide bonds. The fraction of sp³-hybridized carbons (Fsp3) is 0.727. The third-order valence-electron chi connectivity index (χ3n) is 1.93. The van der Waals surface area contributed by atoms with Crippen LogP contribution in [0.15, 0.2) is 12.2 Å². The standard InChI is InChI=1S/C11H21/c1-5-6-7-11(4)9-8-10(2)3/h5-6,10-11H,2,7-9H2,1,3-4H3/b6-5+. The predicted octanol–water partition coefficient (Wildman–Crippen LogP) is 3.84. The molecule has 0 aromatic rings. The van der Waals surface area contributed by atoms with Crippen molar-refractivity contribution < 1.29 is 0 Å². The normalized spacial score (nSPS) is 14.6. The SMILES string of the molecule is [CH2]C(C)CCC(C)C/C=C/C. The molecule has 0 heterocycles. The molecule has 0 nitrogen and oxygen atoms in total. The summed E-state index contributed by atoms with van der Waals surface area (Å²) in [4.78, 5) is 0. The van der Waals surface area contributed by atoms with Gasteiger partial charge >= 0.3 is 0 Å². The van der Waals surface area contributed by atoms with Gasteiger partial charge in [0.05, 0.1) is 0 Å². The molecular formula is C11H21. The molecule has 0 spiro atoms. The zero-order valence-electron chi connectivity index (χ0n) is 8.14. The molecule has 0 heteroatoms. The van der Waals surface area contributed by atoms with Crippen LogP contribution in [0.5, 0.6) is 0 Å². The summed E-state index contributed by atoms with van der Waals surface area (Å²) in [5.41, 5.74) is 0. The first-order chi connectivity index (χ1) is 5.16. The number of rotatable bonds is 5. The monoisotopic (exact) mass is 153 g/mol. The van der Waals surface area contributed by atoms with E-state index in [1.807, 2.05) is 0 Å². The molecule has 1 radical (unpaired) electrons. The third kappa shape index (κ3) is 7.64. The van der Waals surface area contributed by atoms with Crippen LogP contribution in [-0.4, -0.2) is 0 Å². The van der Waals surface area contributed by atoms with Crippen molar-refractivity contribution in [3.05, 3.63) is 19.1 Å². The molecule has 2 unspecified atom stereocenters. The lowest BCUT2D eigenvalue weighted by Crippen LogP contribution is -1.96. The highest BCUT2D eigenvalue weighted by Gasteiger charge is 2.00. The lowest BCUT2D eigenvalue weighted by Gasteiger charge is -2.09. The Morgan fingerprint density at radius 1 is 1.27 bits per heavy atom. The number of hydrogen-bond donors (Lipinski definition) is 0. The second-order valence-electron chi connectivity index (χ2n) is 3.59. The van der Waals surface area contributed by atoms with E-state index in [0.29, 0.717) is 5.92 Å². The first-order valence-corrected chi connectivity index (χ1v) is 4.61. The molecular weight excluding hydrogens is 132 g/mol. The second kappa shape index (κ2) is 6.45. The van der Waals surface area contributed by atoms with E-state index in [4.69, 9.17) is 0 Å². The lowest BCUT2D eigenvalue weighted by molar-refractivity contribution is 0.473. The van der Waals surface area contributed by atoms with E-state index in [1.54, 1.807) is 0 Å². The summed E-state index contributed by atoms with van der Waals surface area (Å²) in [7, 11) is 0. The Kier molecular flexibility index (Phi) is 6.30. The molecule has 11 heavy (non-hydrogen) atoms. The smallest absolute Gasteiger partial charge is 0.0325 e. The van der Waals surface area contributed by atoms with E-state index in [1.165, 1.54) is 19.3 Å². The van der Waals surface area contributed by atoms with Crippen molar-refractivity contribution in [1.29, 1.82) is 0 Å². The van der Waals surface area contributed by atoms with Crippen molar-refractivity contribution in [2.24, 2.45) is 11.8 Å². The van der Waals surface area contributed by atoms with Gasteiger partial charge in [0.25, 0.3) is 0 Å². The van der Waals surface area contributed by atoms with E-state index in [2.05, 4.69) is 39.8 Å². The van der Waals surface area contributed by atoms with Crippen LogP contribution in [0.25, 0.3) is 0 Å². The number of allylic oxidation sites excluding steroid dienone is 2. The van der Waals surface area contributed by atoms with Gasteiger partial charge in [-0.3, -0.25) is 0 Å². The van der Waals surface area contributed by atoms with Crippen molar-refractivity contribution in [3.63, 3.8) is 0 Å². The average molecular weight is 153 g/mol. The molecule has 0 N–H and O–H groups in total. The highest BCUT2D eigenvalue weighted by molar-refractivity contribution is 4.79. The molecule has 0 saturated carbocycles. The summed E-state index contributed by atoms with van der Waals surface area (Å²) in [5.74, 6) is 1.44. The maximum Gasteiger partial charge on any atom is -0.0325 e. The van der Waals surface area contributed by atoms with Crippen LogP contribution in [0.3, 0.4) is 0 Å². The molecule has 0 aliphatic carbocycles. The van der Waals surface area contributed by atoms with Crippen LogP contribution < -0.4 is 0 Å². The average Bonchev–Trinajstić information content (AvgIpc) is 1.97. The van der Waals surface area contributed by atoms with Gasteiger partial charge < -0.3 is 0 Å². The minimum absolute atomic E-state index is 0.614. The fourth-order valence-corrected chi connectivity index (χ4v) is 1.06. The zero-order chi connectivity index (χ0) is 8.69. The van der Waals surface area contributed by atoms with Crippen molar-refractivity contribution in [1.82, 2.24) is 0 Å². The largest absolute Gasteiger partial charge is 0.0917 e. The number of hydrogen-bond acceptors (Lipinski definition) is 0.